The van der Waals surface area contributed by atoms with E-state index in [1.54, 1.807) is 23.9 Å². The van der Waals surface area contributed by atoms with E-state index in [2.05, 4.69) is 43.0 Å². The number of hydrogen-bond acceptors (Lipinski definition) is 4. The average Bonchev–Trinajstić information content (AvgIpc) is 2.83. The summed E-state index contributed by atoms with van der Waals surface area (Å²) in [7, 11) is 0. The number of phenols is 2. The van der Waals surface area contributed by atoms with Gasteiger partial charge in [-0.15, -0.1) is 0 Å². The van der Waals surface area contributed by atoms with Crippen LogP contribution in [0.15, 0.2) is 70.6 Å². The number of aliphatic imine (C=N–C) groups is 1. The number of benzene rings is 3. The number of thioether (sulfide) groups is 1. The van der Waals surface area contributed by atoms with E-state index < -0.39 is 0 Å². The van der Waals surface area contributed by atoms with Crippen LogP contribution in [0.25, 0.3) is 0 Å². The second-order valence-corrected chi connectivity index (χ2v) is 10.8. The van der Waals surface area contributed by atoms with Crippen molar-refractivity contribution < 1.29 is 10.2 Å². The molecule has 1 aliphatic rings. The van der Waals surface area contributed by atoms with Gasteiger partial charge in [0.15, 0.2) is 5.17 Å². The van der Waals surface area contributed by atoms with Crippen LogP contribution < -0.4 is 0 Å². The molecule has 0 unspecified atom stereocenters. The van der Waals surface area contributed by atoms with Gasteiger partial charge in [0, 0.05) is 18.0 Å². The maximum atomic E-state index is 10.6. The second-order valence-electron chi connectivity index (χ2n) is 9.81. The Hall–Kier alpha value is -2.92. The number of aromatic hydroxyl groups is 2. The molecule has 0 aliphatic heterocycles. The van der Waals surface area contributed by atoms with Crippen molar-refractivity contribution in [1.29, 1.82) is 0 Å². The molecular weight excluding hydrogens is 464 g/mol. The molecule has 0 heterocycles. The molecule has 0 radical (unpaired) electrons. The molecule has 3 aromatic carbocycles. The van der Waals surface area contributed by atoms with Crippen LogP contribution in [0, 0.1) is 26.7 Å². The fourth-order valence-corrected chi connectivity index (χ4v) is 5.73. The number of hydrogen-bond donors (Lipinski definition) is 2. The summed E-state index contributed by atoms with van der Waals surface area (Å²) < 4.78 is 0. The monoisotopic (exact) mass is 504 g/mol. The van der Waals surface area contributed by atoms with Gasteiger partial charge in [0.25, 0.3) is 0 Å². The Balaban J connectivity index is 0.00000361. The van der Waals surface area contributed by atoms with Gasteiger partial charge in [-0.25, -0.2) is 4.99 Å². The summed E-state index contributed by atoms with van der Waals surface area (Å²) in [6.07, 6.45) is 6.33. The van der Waals surface area contributed by atoms with Gasteiger partial charge in [0.1, 0.15) is 17.2 Å². The summed E-state index contributed by atoms with van der Waals surface area (Å²) in [4.78, 5) is 8.56. The minimum atomic E-state index is 0. The maximum absolute atomic E-state index is 10.6. The van der Waals surface area contributed by atoms with Gasteiger partial charge in [0.05, 0.1) is 0 Å². The summed E-state index contributed by atoms with van der Waals surface area (Å²) in [5.74, 6) is 1.07. The number of phenolic OH excluding ortho intramolecular Hbond substituents is 2. The minimum Gasteiger partial charge on any atom is -0.508 e. The molecule has 0 atom stereocenters. The third kappa shape index (κ3) is 7.54. The van der Waals surface area contributed by atoms with Gasteiger partial charge in [-0.3, -0.25) is 0 Å². The standard InChI is InChI=1S/C30H36N2O2S.CH4/c1-21-13-15-29(23(3)16-21)35-30(31-27-17-22(2)12-14-28(27)34)32(19-24-8-5-4-6-9-24)20-25-10-7-11-26(33)18-25;/h7,10-18,24,33-34H,4-6,8-9,19-20H2,1-3H3;1H4. The van der Waals surface area contributed by atoms with Crippen LogP contribution in [0.3, 0.4) is 0 Å². The molecule has 0 aromatic heterocycles. The summed E-state index contributed by atoms with van der Waals surface area (Å²) in [6.45, 7) is 7.81. The predicted molar refractivity (Wildman–Crippen MR) is 154 cm³/mol. The number of amidine groups is 1. The average molecular weight is 505 g/mol. The Morgan fingerprint density at radius 2 is 1.64 bits per heavy atom. The summed E-state index contributed by atoms with van der Waals surface area (Å²) in [6, 6.07) is 19.5. The van der Waals surface area contributed by atoms with Crippen molar-refractivity contribution in [2.24, 2.45) is 10.9 Å². The molecule has 4 rings (SSSR count). The van der Waals surface area contributed by atoms with E-state index >= 15 is 0 Å². The van der Waals surface area contributed by atoms with E-state index in [0.717, 1.165) is 27.7 Å². The van der Waals surface area contributed by atoms with Crippen LogP contribution in [-0.2, 0) is 6.54 Å². The van der Waals surface area contributed by atoms with E-state index in [4.69, 9.17) is 4.99 Å². The largest absolute Gasteiger partial charge is 0.508 e. The van der Waals surface area contributed by atoms with Gasteiger partial charge in [-0.1, -0.05) is 74.3 Å². The van der Waals surface area contributed by atoms with E-state index in [1.807, 2.05) is 31.2 Å². The van der Waals surface area contributed by atoms with Gasteiger partial charge >= 0.3 is 0 Å². The number of aryl methyl sites for hydroxylation is 3. The van der Waals surface area contributed by atoms with Crippen LogP contribution >= 0.6 is 11.8 Å². The Kier molecular flexibility index (Phi) is 9.89. The highest BCUT2D eigenvalue weighted by Gasteiger charge is 2.22. The van der Waals surface area contributed by atoms with Crippen LogP contribution in [0.2, 0.25) is 0 Å². The Morgan fingerprint density at radius 3 is 2.36 bits per heavy atom. The summed E-state index contributed by atoms with van der Waals surface area (Å²) in [5, 5.41) is 21.6. The van der Waals surface area contributed by atoms with E-state index in [9.17, 15) is 10.2 Å². The maximum Gasteiger partial charge on any atom is 0.169 e. The molecule has 4 nitrogen and oxygen atoms in total. The Labute approximate surface area is 221 Å². The van der Waals surface area contributed by atoms with E-state index in [0.29, 0.717) is 18.2 Å². The molecule has 0 bridgehead atoms. The molecule has 1 saturated carbocycles. The topological polar surface area (TPSA) is 56.1 Å². The molecule has 192 valence electrons. The first-order valence-electron chi connectivity index (χ1n) is 12.5. The van der Waals surface area contributed by atoms with E-state index in [1.165, 1.54) is 43.2 Å². The van der Waals surface area contributed by atoms with Gasteiger partial charge in [-0.2, -0.15) is 0 Å². The lowest BCUT2D eigenvalue weighted by molar-refractivity contribution is 0.272. The van der Waals surface area contributed by atoms with Crippen molar-refractivity contribution >= 4 is 22.6 Å². The number of rotatable bonds is 6. The lowest BCUT2D eigenvalue weighted by Gasteiger charge is -2.32. The molecule has 36 heavy (non-hydrogen) atoms. The second kappa shape index (κ2) is 12.9. The Bertz CT molecular complexity index is 1180. The normalized spacial score (nSPS) is 14.4. The molecular formula is C31H40N2O2S. The molecule has 1 aliphatic carbocycles. The first-order chi connectivity index (χ1) is 16.9. The number of nitrogens with zero attached hydrogens (tertiary/aromatic N) is 2. The SMILES string of the molecule is C.Cc1ccc(SC(=Nc2cc(C)ccc2O)N(Cc2cccc(O)c2)CC2CCCCC2)c(C)c1. The van der Waals surface area contributed by atoms with Crippen molar-refractivity contribution in [2.45, 2.75) is 71.7 Å². The first kappa shape index (κ1) is 27.7. The van der Waals surface area contributed by atoms with Crippen molar-refractivity contribution in [3.8, 4) is 11.5 Å². The Morgan fingerprint density at radius 1 is 0.917 bits per heavy atom. The molecule has 0 saturated heterocycles. The van der Waals surface area contributed by atoms with Crippen molar-refractivity contribution in [3.05, 3.63) is 82.9 Å². The van der Waals surface area contributed by atoms with Gasteiger partial charge < -0.3 is 15.1 Å². The third-order valence-corrected chi connectivity index (χ3v) is 7.85. The predicted octanol–water partition coefficient (Wildman–Crippen LogP) is 8.52. The molecule has 5 heteroatoms. The fourth-order valence-electron chi connectivity index (χ4n) is 4.76. The quantitative estimate of drug-likeness (QED) is 0.201. The highest BCUT2D eigenvalue weighted by Crippen LogP contribution is 2.34. The van der Waals surface area contributed by atoms with Crippen LogP contribution in [0.5, 0.6) is 11.5 Å². The highest BCUT2D eigenvalue weighted by molar-refractivity contribution is 8.13. The molecule has 2 N–H and O–H groups in total. The van der Waals surface area contributed by atoms with Crippen LogP contribution in [-0.4, -0.2) is 26.8 Å². The van der Waals surface area contributed by atoms with E-state index in [-0.39, 0.29) is 18.9 Å². The summed E-state index contributed by atoms with van der Waals surface area (Å²) >= 11 is 1.66. The molecule has 0 amide bonds. The molecule has 3 aromatic rings. The van der Waals surface area contributed by atoms with Crippen LogP contribution in [0.1, 0.15) is 61.8 Å². The summed E-state index contributed by atoms with van der Waals surface area (Å²) in [5.41, 5.74) is 5.14. The van der Waals surface area contributed by atoms with Gasteiger partial charge in [-0.05, 0) is 86.6 Å². The van der Waals surface area contributed by atoms with Gasteiger partial charge in [0.2, 0.25) is 0 Å². The van der Waals surface area contributed by atoms with Crippen molar-refractivity contribution in [2.75, 3.05) is 6.54 Å². The fraction of sp³-hybridized carbons (Fsp3) is 0.387. The van der Waals surface area contributed by atoms with Crippen molar-refractivity contribution in [3.63, 3.8) is 0 Å². The third-order valence-electron chi connectivity index (χ3n) is 6.64. The zero-order valence-electron chi connectivity index (χ0n) is 21.0. The lowest BCUT2D eigenvalue weighted by Crippen LogP contribution is -2.34. The lowest BCUT2D eigenvalue weighted by atomic mass is 9.89. The molecule has 1 fully saturated rings. The smallest absolute Gasteiger partial charge is 0.169 e. The zero-order chi connectivity index (χ0) is 24.8. The van der Waals surface area contributed by atoms with Crippen LogP contribution in [0.4, 0.5) is 5.69 Å². The highest BCUT2D eigenvalue weighted by atomic mass is 32.2. The minimum absolute atomic E-state index is 0. The van der Waals surface area contributed by atoms with Crippen molar-refractivity contribution in [1.82, 2.24) is 4.90 Å². The first-order valence-corrected chi connectivity index (χ1v) is 13.4. The zero-order valence-corrected chi connectivity index (χ0v) is 21.8. The molecule has 0 spiro atoms.